The summed E-state index contributed by atoms with van der Waals surface area (Å²) in [6.45, 7) is 0. The van der Waals surface area contributed by atoms with Gasteiger partial charge in [-0.1, -0.05) is 54.6 Å². The first-order chi connectivity index (χ1) is 28.8. The van der Waals surface area contributed by atoms with Gasteiger partial charge in [-0.25, -0.2) is 0 Å². The average Bonchev–Trinajstić information content (AvgIpc) is 3.93. The van der Waals surface area contributed by atoms with Gasteiger partial charge in [0.05, 0.1) is 38.6 Å². The summed E-state index contributed by atoms with van der Waals surface area (Å²) >= 11 is 0. The summed E-state index contributed by atoms with van der Waals surface area (Å²) in [6, 6.07) is 60.5. The third-order valence-electron chi connectivity index (χ3n) is 11.5. The van der Waals surface area contributed by atoms with Crippen LogP contribution in [0.5, 0.6) is 0 Å². The molecule has 0 aliphatic rings. The number of rotatable bonds is 6. The van der Waals surface area contributed by atoms with Crippen molar-refractivity contribution in [3.8, 4) is 17.1 Å². The highest BCUT2D eigenvalue weighted by Gasteiger charge is 2.18. The molecule has 0 N–H and O–H groups in total. The molecule has 6 aromatic carbocycles. The van der Waals surface area contributed by atoms with Crippen molar-refractivity contribution in [1.82, 2.24) is 28.7 Å². The smallest absolute Gasteiger partial charge is 0.0963 e. The lowest BCUT2D eigenvalue weighted by molar-refractivity contribution is 1.16. The monoisotopic (exact) mass is 743 g/mol. The lowest BCUT2D eigenvalue weighted by Gasteiger charge is -2.26. The summed E-state index contributed by atoms with van der Waals surface area (Å²) in [5, 5.41) is 5.80. The second-order valence-electron chi connectivity index (χ2n) is 14.6. The van der Waals surface area contributed by atoms with Gasteiger partial charge in [-0.2, -0.15) is 0 Å². The maximum Gasteiger partial charge on any atom is 0.0963 e. The summed E-state index contributed by atoms with van der Waals surface area (Å²) in [4.78, 5) is 16.0. The number of anilines is 3. The van der Waals surface area contributed by atoms with Gasteiger partial charge in [0, 0.05) is 92.0 Å². The van der Waals surface area contributed by atoms with Crippen molar-refractivity contribution in [3.05, 3.63) is 201 Å². The summed E-state index contributed by atoms with van der Waals surface area (Å²) in [7, 11) is 0. The number of pyridine rings is 3. The molecule has 6 aromatic heterocycles. The maximum atomic E-state index is 4.76. The molecule has 7 heteroatoms. The molecule has 0 saturated carbocycles. The van der Waals surface area contributed by atoms with Crippen molar-refractivity contribution in [3.63, 3.8) is 0 Å². The molecule has 0 atom stereocenters. The summed E-state index contributed by atoms with van der Waals surface area (Å²) in [5.74, 6) is 0. The number of nitrogens with zero attached hydrogens (tertiary/aromatic N) is 7. The van der Waals surface area contributed by atoms with E-state index in [-0.39, 0.29) is 0 Å². The molecular formula is C51H33N7. The molecule has 272 valence electrons. The van der Waals surface area contributed by atoms with Crippen LogP contribution in [0.4, 0.5) is 17.1 Å². The normalized spacial score (nSPS) is 11.8. The zero-order valence-corrected chi connectivity index (χ0v) is 31.2. The summed E-state index contributed by atoms with van der Waals surface area (Å²) < 4.78 is 6.95. The zero-order chi connectivity index (χ0) is 38.2. The first-order valence-electron chi connectivity index (χ1n) is 19.4. The minimum atomic E-state index is 1.00. The van der Waals surface area contributed by atoms with Crippen LogP contribution in [0, 0.1) is 0 Å². The molecule has 0 aliphatic heterocycles. The van der Waals surface area contributed by atoms with E-state index in [4.69, 9.17) is 4.98 Å². The van der Waals surface area contributed by atoms with Gasteiger partial charge in [0.2, 0.25) is 0 Å². The Morgan fingerprint density at radius 2 is 0.690 bits per heavy atom. The Bertz CT molecular complexity index is 2970. The van der Waals surface area contributed by atoms with Crippen LogP contribution in [0.25, 0.3) is 82.6 Å². The Morgan fingerprint density at radius 3 is 1.17 bits per heavy atom. The predicted molar refractivity (Wildman–Crippen MR) is 238 cm³/mol. The second kappa shape index (κ2) is 12.8. The predicted octanol–water partition coefficient (Wildman–Crippen LogP) is 12.6. The second-order valence-corrected chi connectivity index (χ2v) is 14.6. The maximum absolute atomic E-state index is 4.76. The SMILES string of the molecule is c1ccc2c(c1)c1cnccc1n2-c1ccc(N(c2ccc(-n3c4ccccc4c4cnccc43)cc2)c2ccc(-n3c4ccccc4c4ncccc43)cc2)cc1. The molecule has 12 rings (SSSR count). The lowest BCUT2D eigenvalue weighted by Crippen LogP contribution is -2.10. The highest BCUT2D eigenvalue weighted by molar-refractivity contribution is 6.10. The van der Waals surface area contributed by atoms with Crippen molar-refractivity contribution in [2.24, 2.45) is 0 Å². The van der Waals surface area contributed by atoms with E-state index in [1.54, 1.807) is 0 Å². The number of aromatic nitrogens is 6. The van der Waals surface area contributed by atoms with E-state index in [2.05, 4.69) is 192 Å². The fourth-order valence-electron chi connectivity index (χ4n) is 8.95. The Labute approximate surface area is 332 Å². The Balaban J connectivity index is 0.996. The molecule has 0 unspecified atom stereocenters. The summed E-state index contributed by atoms with van der Waals surface area (Å²) in [5.41, 5.74) is 14.2. The number of fused-ring (bicyclic) bond motifs is 9. The fourth-order valence-corrected chi connectivity index (χ4v) is 8.95. The van der Waals surface area contributed by atoms with Crippen molar-refractivity contribution < 1.29 is 0 Å². The molecule has 0 saturated heterocycles. The third-order valence-corrected chi connectivity index (χ3v) is 11.5. The van der Waals surface area contributed by atoms with Gasteiger partial charge in [0.15, 0.2) is 0 Å². The van der Waals surface area contributed by atoms with Crippen LogP contribution in [-0.4, -0.2) is 28.7 Å². The number of hydrogen-bond acceptors (Lipinski definition) is 4. The molecule has 6 heterocycles. The van der Waals surface area contributed by atoms with E-state index in [1.807, 2.05) is 37.1 Å². The van der Waals surface area contributed by atoms with Crippen LogP contribution in [-0.2, 0) is 0 Å². The molecule has 0 radical (unpaired) electrons. The standard InChI is InChI=1S/C51H33N7/c1-4-11-45-40(8-1)43-32-52-30-27-48(43)56(45)37-21-15-34(16-22-37)55(35-17-23-38(24-18-35)57-46-12-5-2-9-41(46)44-33-53-31-28-49(44)57)36-19-25-39(26-20-36)58-47-13-6-3-10-42(47)51-50(58)14-7-29-54-51/h1-33H. The van der Waals surface area contributed by atoms with E-state index < -0.39 is 0 Å². The number of hydrogen-bond donors (Lipinski definition) is 0. The number of benzene rings is 6. The van der Waals surface area contributed by atoms with Crippen LogP contribution in [0.15, 0.2) is 201 Å². The van der Waals surface area contributed by atoms with Gasteiger partial charge < -0.3 is 18.6 Å². The van der Waals surface area contributed by atoms with Crippen LogP contribution in [0.1, 0.15) is 0 Å². The van der Waals surface area contributed by atoms with Crippen LogP contribution in [0.3, 0.4) is 0 Å². The minimum absolute atomic E-state index is 1.00. The highest BCUT2D eigenvalue weighted by Crippen LogP contribution is 2.39. The van der Waals surface area contributed by atoms with E-state index >= 15 is 0 Å². The van der Waals surface area contributed by atoms with Gasteiger partial charge >= 0.3 is 0 Å². The van der Waals surface area contributed by atoms with Gasteiger partial charge in [0.1, 0.15) is 0 Å². The van der Waals surface area contributed by atoms with E-state index in [0.717, 1.165) is 88.9 Å². The van der Waals surface area contributed by atoms with Crippen LogP contribution < -0.4 is 4.90 Å². The van der Waals surface area contributed by atoms with Crippen molar-refractivity contribution >= 4 is 82.6 Å². The highest BCUT2D eigenvalue weighted by atomic mass is 15.1. The van der Waals surface area contributed by atoms with Crippen molar-refractivity contribution in [2.45, 2.75) is 0 Å². The van der Waals surface area contributed by atoms with Gasteiger partial charge in [-0.05, 0) is 115 Å². The van der Waals surface area contributed by atoms with Crippen LogP contribution >= 0.6 is 0 Å². The van der Waals surface area contributed by atoms with Gasteiger partial charge in [0.25, 0.3) is 0 Å². The topological polar surface area (TPSA) is 56.7 Å². The van der Waals surface area contributed by atoms with E-state index in [9.17, 15) is 0 Å². The molecule has 7 nitrogen and oxygen atoms in total. The largest absolute Gasteiger partial charge is 0.310 e. The number of para-hydroxylation sites is 3. The summed E-state index contributed by atoms with van der Waals surface area (Å²) in [6.07, 6.45) is 9.53. The zero-order valence-electron chi connectivity index (χ0n) is 31.2. The quantitative estimate of drug-likeness (QED) is 0.170. The van der Waals surface area contributed by atoms with Crippen molar-refractivity contribution in [1.29, 1.82) is 0 Å². The van der Waals surface area contributed by atoms with Gasteiger partial charge in [-0.3, -0.25) is 15.0 Å². The van der Waals surface area contributed by atoms with E-state index in [0.29, 0.717) is 0 Å². The van der Waals surface area contributed by atoms with Crippen molar-refractivity contribution in [2.75, 3.05) is 4.90 Å². The fraction of sp³-hybridized carbons (Fsp3) is 0. The van der Waals surface area contributed by atoms with Gasteiger partial charge in [-0.15, -0.1) is 0 Å². The molecule has 12 aromatic rings. The minimum Gasteiger partial charge on any atom is -0.310 e. The molecule has 0 bridgehead atoms. The van der Waals surface area contributed by atoms with E-state index in [1.165, 1.54) is 10.8 Å². The first-order valence-corrected chi connectivity index (χ1v) is 19.4. The Hall–Kier alpha value is -8.03. The molecule has 0 amide bonds. The third kappa shape index (κ3) is 4.83. The Kier molecular flexibility index (Phi) is 7.09. The molecular weight excluding hydrogens is 711 g/mol. The molecule has 0 spiro atoms. The average molecular weight is 744 g/mol. The molecule has 0 aliphatic carbocycles. The first kappa shape index (κ1) is 32.2. The van der Waals surface area contributed by atoms with Crippen LogP contribution in [0.2, 0.25) is 0 Å². The molecule has 58 heavy (non-hydrogen) atoms. The molecule has 0 fully saturated rings. The Morgan fingerprint density at radius 1 is 0.310 bits per heavy atom. The lowest BCUT2D eigenvalue weighted by atomic mass is 10.1.